The minimum Gasteiger partial charge on any atom is -0.497 e. The summed E-state index contributed by atoms with van der Waals surface area (Å²) in [4.78, 5) is 0. The number of hydrogen-bond acceptors (Lipinski definition) is 4. The molecule has 0 amide bonds. The van der Waals surface area contributed by atoms with E-state index in [4.69, 9.17) is 27.4 Å². The second-order valence-corrected chi connectivity index (χ2v) is 4.44. The highest BCUT2D eigenvalue weighted by Gasteiger charge is 2.07. The first-order chi connectivity index (χ1) is 9.65. The van der Waals surface area contributed by atoms with E-state index in [0.29, 0.717) is 5.75 Å². The topological polar surface area (TPSA) is 68.9 Å². The van der Waals surface area contributed by atoms with Crippen molar-refractivity contribution in [1.29, 1.82) is 0 Å². The molecule has 0 atom stereocenters. The molecule has 0 unspecified atom stereocenters. The van der Waals surface area contributed by atoms with Crippen LogP contribution in [-0.4, -0.2) is 25.5 Å². The van der Waals surface area contributed by atoms with Crippen LogP contribution in [-0.2, 0) is 0 Å². The Labute approximate surface area is 122 Å². The zero-order valence-corrected chi connectivity index (χ0v) is 12.0. The quantitative estimate of drug-likeness (QED) is 0.512. The van der Waals surface area contributed by atoms with Gasteiger partial charge in [-0.1, -0.05) is 12.1 Å². The van der Waals surface area contributed by atoms with Crippen molar-refractivity contribution in [3.63, 3.8) is 0 Å². The molecule has 6 heteroatoms. The number of ether oxygens (including phenoxy) is 2. The summed E-state index contributed by atoms with van der Waals surface area (Å²) in [7, 11) is 3.24. The highest BCUT2D eigenvalue weighted by Crippen LogP contribution is 2.29. The van der Waals surface area contributed by atoms with Crippen molar-refractivity contribution in [2.24, 2.45) is 10.8 Å². The van der Waals surface area contributed by atoms with Crippen LogP contribution in [0.25, 0.3) is 10.8 Å². The lowest BCUT2D eigenvalue weighted by Gasteiger charge is -2.10. The Balaban J connectivity index is 2.56. The molecule has 0 radical (unpaired) electrons. The summed E-state index contributed by atoms with van der Waals surface area (Å²) in [6.07, 6.45) is 1.62. The van der Waals surface area contributed by atoms with Gasteiger partial charge in [0.15, 0.2) is 5.11 Å². The van der Waals surface area contributed by atoms with Gasteiger partial charge in [0.05, 0.1) is 20.4 Å². The van der Waals surface area contributed by atoms with Crippen molar-refractivity contribution >= 4 is 34.3 Å². The Morgan fingerprint density at radius 1 is 1.25 bits per heavy atom. The Hall–Kier alpha value is -2.34. The molecule has 0 fully saturated rings. The van der Waals surface area contributed by atoms with Crippen LogP contribution in [0.2, 0.25) is 0 Å². The van der Waals surface area contributed by atoms with Gasteiger partial charge in [0, 0.05) is 5.56 Å². The maximum absolute atomic E-state index is 5.36. The van der Waals surface area contributed by atoms with Crippen molar-refractivity contribution in [3.8, 4) is 11.5 Å². The molecule has 5 nitrogen and oxygen atoms in total. The molecular formula is C14H15N3O2S. The number of thiocarbonyl (C=S) groups is 1. The number of benzene rings is 2. The third kappa shape index (κ3) is 2.97. The van der Waals surface area contributed by atoms with E-state index >= 15 is 0 Å². The zero-order chi connectivity index (χ0) is 14.5. The van der Waals surface area contributed by atoms with Crippen LogP contribution in [0.1, 0.15) is 5.56 Å². The van der Waals surface area contributed by atoms with Crippen molar-refractivity contribution in [2.75, 3.05) is 14.2 Å². The fourth-order valence-corrected chi connectivity index (χ4v) is 1.95. The lowest BCUT2D eigenvalue weighted by molar-refractivity contribution is 0.413. The van der Waals surface area contributed by atoms with Gasteiger partial charge in [0.25, 0.3) is 0 Å². The minimum absolute atomic E-state index is 0.109. The highest BCUT2D eigenvalue weighted by molar-refractivity contribution is 7.80. The van der Waals surface area contributed by atoms with Gasteiger partial charge in [-0.15, -0.1) is 0 Å². The molecule has 0 spiro atoms. The molecule has 2 rings (SSSR count). The summed E-state index contributed by atoms with van der Waals surface area (Å²) < 4.78 is 10.6. The summed E-state index contributed by atoms with van der Waals surface area (Å²) in [6.45, 7) is 0. The van der Waals surface area contributed by atoms with Gasteiger partial charge < -0.3 is 15.2 Å². The molecule has 0 aliphatic heterocycles. The number of rotatable bonds is 4. The average molecular weight is 289 g/mol. The molecule has 104 valence electrons. The van der Waals surface area contributed by atoms with Crippen molar-refractivity contribution in [1.82, 2.24) is 5.43 Å². The first kappa shape index (κ1) is 14.1. The Morgan fingerprint density at radius 3 is 2.65 bits per heavy atom. The second kappa shape index (κ2) is 6.21. The maximum atomic E-state index is 5.36. The molecule has 0 aliphatic rings. The summed E-state index contributed by atoms with van der Waals surface area (Å²) in [5, 5.41) is 6.13. The molecule has 20 heavy (non-hydrogen) atoms. The summed E-state index contributed by atoms with van der Waals surface area (Å²) in [5.41, 5.74) is 8.70. The maximum Gasteiger partial charge on any atom is 0.184 e. The number of hydrazone groups is 1. The van der Waals surface area contributed by atoms with E-state index in [1.807, 2.05) is 30.3 Å². The number of nitrogens with zero attached hydrogens (tertiary/aromatic N) is 1. The second-order valence-electron chi connectivity index (χ2n) is 4.00. The smallest absolute Gasteiger partial charge is 0.184 e. The number of hydrogen-bond donors (Lipinski definition) is 2. The molecule has 0 saturated heterocycles. The van der Waals surface area contributed by atoms with E-state index in [9.17, 15) is 0 Å². The summed E-state index contributed by atoms with van der Waals surface area (Å²) in [6, 6.07) is 9.68. The predicted molar refractivity (Wildman–Crippen MR) is 84.6 cm³/mol. The molecule has 2 aromatic carbocycles. The van der Waals surface area contributed by atoms with Crippen LogP contribution in [0.3, 0.4) is 0 Å². The van der Waals surface area contributed by atoms with Crippen LogP contribution in [0.15, 0.2) is 35.4 Å². The van der Waals surface area contributed by atoms with Gasteiger partial charge in [0.1, 0.15) is 11.5 Å². The van der Waals surface area contributed by atoms with E-state index < -0.39 is 0 Å². The van der Waals surface area contributed by atoms with Crippen molar-refractivity contribution < 1.29 is 9.47 Å². The first-order valence-corrected chi connectivity index (χ1v) is 6.29. The van der Waals surface area contributed by atoms with Crippen LogP contribution in [0, 0.1) is 0 Å². The van der Waals surface area contributed by atoms with Crippen LogP contribution < -0.4 is 20.6 Å². The normalized spacial score (nSPS) is 10.7. The zero-order valence-electron chi connectivity index (χ0n) is 11.2. The van der Waals surface area contributed by atoms with E-state index in [2.05, 4.69) is 10.5 Å². The van der Waals surface area contributed by atoms with Gasteiger partial charge in [-0.25, -0.2) is 0 Å². The number of nitrogens with one attached hydrogen (secondary N) is 1. The Morgan fingerprint density at radius 2 is 2.00 bits per heavy atom. The van der Waals surface area contributed by atoms with Gasteiger partial charge in [-0.3, -0.25) is 5.43 Å². The average Bonchev–Trinajstić information content (AvgIpc) is 2.46. The van der Waals surface area contributed by atoms with Gasteiger partial charge in [-0.2, -0.15) is 5.10 Å². The summed E-state index contributed by atoms with van der Waals surface area (Å²) >= 11 is 4.71. The standard InChI is InChI=1S/C14H15N3O2S/c1-18-10-5-3-9-4-6-13(19-2)12(11(9)7-10)8-16-17-14(15)20/h3-8H,1-2H3,(H3,15,17,20)/b16-8-. The van der Waals surface area contributed by atoms with Crippen LogP contribution in [0.4, 0.5) is 0 Å². The molecule has 2 aromatic rings. The first-order valence-electron chi connectivity index (χ1n) is 5.89. The Bertz CT molecular complexity index is 666. The molecular weight excluding hydrogens is 274 g/mol. The van der Waals surface area contributed by atoms with Crippen LogP contribution >= 0.6 is 12.2 Å². The van der Waals surface area contributed by atoms with E-state index in [-0.39, 0.29) is 5.11 Å². The largest absolute Gasteiger partial charge is 0.497 e. The van der Waals surface area contributed by atoms with E-state index in [1.165, 1.54) is 0 Å². The molecule has 0 heterocycles. The number of nitrogens with two attached hydrogens (primary N) is 1. The molecule has 0 aromatic heterocycles. The van der Waals surface area contributed by atoms with Gasteiger partial charge in [-0.05, 0) is 41.2 Å². The lowest BCUT2D eigenvalue weighted by Crippen LogP contribution is -2.24. The predicted octanol–water partition coefficient (Wildman–Crippen LogP) is 2.02. The van der Waals surface area contributed by atoms with Crippen molar-refractivity contribution in [2.45, 2.75) is 0 Å². The van der Waals surface area contributed by atoms with E-state index in [1.54, 1.807) is 20.4 Å². The molecule has 0 aliphatic carbocycles. The van der Waals surface area contributed by atoms with Crippen molar-refractivity contribution in [3.05, 3.63) is 35.9 Å². The third-order valence-electron chi connectivity index (χ3n) is 2.82. The molecule has 0 saturated carbocycles. The fraction of sp³-hybridized carbons (Fsp3) is 0.143. The van der Waals surface area contributed by atoms with Gasteiger partial charge in [0.2, 0.25) is 0 Å². The van der Waals surface area contributed by atoms with E-state index in [0.717, 1.165) is 22.1 Å². The third-order valence-corrected chi connectivity index (χ3v) is 2.91. The Kier molecular flexibility index (Phi) is 4.37. The highest BCUT2D eigenvalue weighted by atomic mass is 32.1. The van der Waals surface area contributed by atoms with Gasteiger partial charge >= 0.3 is 0 Å². The molecule has 3 N–H and O–H groups in total. The fourth-order valence-electron chi connectivity index (χ4n) is 1.90. The van der Waals surface area contributed by atoms with Crippen LogP contribution in [0.5, 0.6) is 11.5 Å². The molecule has 0 bridgehead atoms. The number of methoxy groups -OCH3 is 2. The number of fused-ring (bicyclic) bond motifs is 1. The monoisotopic (exact) mass is 289 g/mol. The minimum atomic E-state index is 0.109. The lowest BCUT2D eigenvalue weighted by atomic mass is 10.0. The SMILES string of the molecule is COc1ccc2ccc(OC)c(/C=N\NC(N)=S)c2c1. The summed E-state index contributed by atoms with van der Waals surface area (Å²) in [5.74, 6) is 1.47.